The van der Waals surface area contributed by atoms with E-state index in [1.54, 1.807) is 7.05 Å². The van der Waals surface area contributed by atoms with Gasteiger partial charge in [0.2, 0.25) is 0 Å². The van der Waals surface area contributed by atoms with Crippen LogP contribution in [0.4, 0.5) is 13.2 Å². The van der Waals surface area contributed by atoms with E-state index in [9.17, 15) is 18.0 Å². The molecule has 114 valence electrons. The van der Waals surface area contributed by atoms with Crippen LogP contribution in [-0.2, 0) is 13.2 Å². The molecule has 0 fully saturated rings. The maximum atomic E-state index is 12.3. The summed E-state index contributed by atoms with van der Waals surface area (Å²) in [7, 11) is 1.61. The second-order valence-corrected chi connectivity index (χ2v) is 4.74. The Morgan fingerprint density at radius 2 is 2.19 bits per heavy atom. The number of nitrogens with zero attached hydrogens (tertiary/aromatic N) is 3. The maximum absolute atomic E-state index is 12.3. The number of aromatic nitrogens is 3. The summed E-state index contributed by atoms with van der Waals surface area (Å²) in [6.07, 6.45) is -3.20. The summed E-state index contributed by atoms with van der Waals surface area (Å²) in [5.74, 6) is -2.24. The minimum atomic E-state index is -4.72. The van der Waals surface area contributed by atoms with Gasteiger partial charge < -0.3 is 14.4 Å². The zero-order chi connectivity index (χ0) is 15.8. The molecule has 0 aromatic carbocycles. The van der Waals surface area contributed by atoms with Crippen LogP contribution >= 0.6 is 11.6 Å². The minimum Gasteiger partial charge on any atom is -0.345 e. The SMILES string of the molecule is CC(NC(=O)c1cc(Cl)cn1C)c1noc(C(F)(F)F)n1. The molecular weight excluding hydrogens is 313 g/mol. The first-order valence-electron chi connectivity index (χ1n) is 5.72. The maximum Gasteiger partial charge on any atom is 0.471 e. The number of amides is 1. The van der Waals surface area contributed by atoms with Gasteiger partial charge in [-0.2, -0.15) is 18.2 Å². The largest absolute Gasteiger partial charge is 0.471 e. The predicted molar refractivity (Wildman–Crippen MR) is 65.6 cm³/mol. The minimum absolute atomic E-state index is 0.256. The third-order valence-electron chi connectivity index (χ3n) is 2.62. The quantitative estimate of drug-likeness (QED) is 0.942. The van der Waals surface area contributed by atoms with Crippen LogP contribution < -0.4 is 5.32 Å². The topological polar surface area (TPSA) is 73.0 Å². The van der Waals surface area contributed by atoms with E-state index in [0.717, 1.165) is 0 Å². The highest BCUT2D eigenvalue weighted by Crippen LogP contribution is 2.28. The van der Waals surface area contributed by atoms with Crippen molar-refractivity contribution in [3.63, 3.8) is 0 Å². The zero-order valence-electron chi connectivity index (χ0n) is 10.9. The summed E-state index contributed by atoms with van der Waals surface area (Å²) in [5.41, 5.74) is 0.256. The van der Waals surface area contributed by atoms with Crippen LogP contribution in [0.15, 0.2) is 16.8 Å². The normalized spacial score (nSPS) is 13.2. The smallest absolute Gasteiger partial charge is 0.345 e. The Kier molecular flexibility index (Phi) is 3.95. The Balaban J connectivity index is 2.11. The number of aryl methyl sites for hydroxylation is 1. The molecule has 2 rings (SSSR count). The highest BCUT2D eigenvalue weighted by molar-refractivity contribution is 6.31. The van der Waals surface area contributed by atoms with Gasteiger partial charge in [-0.1, -0.05) is 16.8 Å². The van der Waals surface area contributed by atoms with Crippen LogP contribution in [0.2, 0.25) is 5.02 Å². The number of hydrogen-bond acceptors (Lipinski definition) is 4. The van der Waals surface area contributed by atoms with Crippen LogP contribution in [0.5, 0.6) is 0 Å². The van der Waals surface area contributed by atoms with Crippen molar-refractivity contribution < 1.29 is 22.5 Å². The highest BCUT2D eigenvalue weighted by Gasteiger charge is 2.39. The van der Waals surface area contributed by atoms with Gasteiger partial charge in [-0.3, -0.25) is 4.79 Å². The zero-order valence-corrected chi connectivity index (χ0v) is 11.7. The fraction of sp³-hybridized carbons (Fsp3) is 0.364. The molecule has 1 amide bonds. The van der Waals surface area contributed by atoms with Gasteiger partial charge in [0, 0.05) is 13.2 Å². The molecule has 0 bridgehead atoms. The number of hydrogen-bond donors (Lipinski definition) is 1. The molecule has 0 aliphatic rings. The van der Waals surface area contributed by atoms with Crippen LogP contribution in [-0.4, -0.2) is 20.6 Å². The Labute approximate surface area is 121 Å². The summed E-state index contributed by atoms with van der Waals surface area (Å²) in [6.45, 7) is 1.44. The Morgan fingerprint density at radius 1 is 1.52 bits per heavy atom. The molecule has 0 radical (unpaired) electrons. The van der Waals surface area contributed by atoms with Gasteiger partial charge in [0.25, 0.3) is 5.91 Å². The van der Waals surface area contributed by atoms with E-state index in [-0.39, 0.29) is 11.5 Å². The number of carbonyl (C=O) groups is 1. The lowest BCUT2D eigenvalue weighted by Crippen LogP contribution is -2.28. The van der Waals surface area contributed by atoms with Crippen molar-refractivity contribution in [1.29, 1.82) is 0 Å². The molecule has 0 saturated carbocycles. The third kappa shape index (κ3) is 3.35. The molecule has 1 atom stereocenters. The molecule has 0 spiro atoms. The van der Waals surface area contributed by atoms with E-state index in [1.165, 1.54) is 23.8 Å². The number of rotatable bonds is 3. The predicted octanol–water partition coefficient (Wildman–Crippen LogP) is 2.57. The first-order chi connectivity index (χ1) is 9.68. The van der Waals surface area contributed by atoms with Crippen molar-refractivity contribution in [1.82, 2.24) is 20.0 Å². The fourth-order valence-electron chi connectivity index (χ4n) is 1.61. The molecule has 1 unspecified atom stereocenters. The first-order valence-corrected chi connectivity index (χ1v) is 6.10. The molecule has 10 heteroatoms. The van der Waals surface area contributed by atoms with E-state index in [1.807, 2.05) is 0 Å². The van der Waals surface area contributed by atoms with E-state index >= 15 is 0 Å². The van der Waals surface area contributed by atoms with Gasteiger partial charge in [-0.25, -0.2) is 0 Å². The van der Waals surface area contributed by atoms with Crippen molar-refractivity contribution in [2.75, 3.05) is 0 Å². The summed E-state index contributed by atoms with van der Waals surface area (Å²) in [5, 5.41) is 6.03. The summed E-state index contributed by atoms with van der Waals surface area (Å²) in [4.78, 5) is 15.2. The van der Waals surface area contributed by atoms with Crippen molar-refractivity contribution in [2.24, 2.45) is 7.05 Å². The molecule has 6 nitrogen and oxygen atoms in total. The van der Waals surface area contributed by atoms with Crippen LogP contribution in [0.1, 0.15) is 35.2 Å². The van der Waals surface area contributed by atoms with E-state index in [2.05, 4.69) is 20.0 Å². The summed E-state index contributed by atoms with van der Waals surface area (Å²) in [6, 6.07) is 0.576. The van der Waals surface area contributed by atoms with Gasteiger partial charge in [0.15, 0.2) is 5.82 Å². The monoisotopic (exact) mass is 322 g/mol. The third-order valence-corrected chi connectivity index (χ3v) is 2.83. The van der Waals surface area contributed by atoms with E-state index < -0.39 is 24.0 Å². The molecule has 21 heavy (non-hydrogen) atoms. The number of nitrogens with one attached hydrogen (secondary N) is 1. The Morgan fingerprint density at radius 3 is 2.67 bits per heavy atom. The highest BCUT2D eigenvalue weighted by atomic mass is 35.5. The Hall–Kier alpha value is -2.03. The van der Waals surface area contributed by atoms with Crippen molar-refractivity contribution in [3.8, 4) is 0 Å². The van der Waals surface area contributed by atoms with Crippen LogP contribution in [0, 0.1) is 0 Å². The van der Waals surface area contributed by atoms with Crippen molar-refractivity contribution >= 4 is 17.5 Å². The fourth-order valence-corrected chi connectivity index (χ4v) is 1.86. The molecular formula is C11H10ClF3N4O2. The first kappa shape index (κ1) is 15.4. The summed E-state index contributed by atoms with van der Waals surface area (Å²) >= 11 is 5.75. The average Bonchev–Trinajstić information content (AvgIpc) is 2.95. The molecule has 1 N–H and O–H groups in total. The number of carbonyl (C=O) groups excluding carboxylic acids is 1. The van der Waals surface area contributed by atoms with Gasteiger partial charge in [-0.15, -0.1) is 0 Å². The lowest BCUT2D eigenvalue weighted by atomic mass is 10.3. The van der Waals surface area contributed by atoms with E-state index in [4.69, 9.17) is 11.6 Å². The second-order valence-electron chi connectivity index (χ2n) is 4.31. The number of halogens is 4. The molecule has 0 aliphatic carbocycles. The lowest BCUT2D eigenvalue weighted by Gasteiger charge is -2.10. The van der Waals surface area contributed by atoms with Gasteiger partial charge in [0.05, 0.1) is 11.1 Å². The molecule has 2 aromatic rings. The molecule has 2 heterocycles. The average molecular weight is 323 g/mol. The van der Waals surface area contributed by atoms with E-state index in [0.29, 0.717) is 5.02 Å². The van der Waals surface area contributed by atoms with Crippen molar-refractivity contribution in [2.45, 2.75) is 19.1 Å². The van der Waals surface area contributed by atoms with Gasteiger partial charge in [0.1, 0.15) is 5.69 Å². The molecule has 0 aliphatic heterocycles. The standard InChI is InChI=1S/C11H10ClF3N4O2/c1-5(8-17-10(21-18-8)11(13,14)15)16-9(20)7-3-6(12)4-19(7)2/h3-5H,1-2H3,(H,16,20). The lowest BCUT2D eigenvalue weighted by molar-refractivity contribution is -0.159. The van der Waals surface area contributed by atoms with Crippen LogP contribution in [0.25, 0.3) is 0 Å². The Bertz CT molecular complexity index is 665. The van der Waals surface area contributed by atoms with Gasteiger partial charge >= 0.3 is 12.1 Å². The number of alkyl halides is 3. The summed E-state index contributed by atoms with van der Waals surface area (Å²) < 4.78 is 42.6. The van der Waals surface area contributed by atoms with Crippen LogP contribution in [0.3, 0.4) is 0 Å². The second kappa shape index (κ2) is 5.40. The molecule has 0 saturated heterocycles. The van der Waals surface area contributed by atoms with Gasteiger partial charge in [-0.05, 0) is 13.0 Å². The van der Waals surface area contributed by atoms with Crippen molar-refractivity contribution in [3.05, 3.63) is 34.7 Å². The molecule has 2 aromatic heterocycles.